The molecule has 2 amide bonds. The molecule has 0 aromatic heterocycles. The van der Waals surface area contributed by atoms with E-state index in [2.05, 4.69) is 10.6 Å². The minimum absolute atomic E-state index is 0.0122. The predicted octanol–water partition coefficient (Wildman–Crippen LogP) is 5.09. The van der Waals surface area contributed by atoms with Crippen molar-refractivity contribution in [1.29, 1.82) is 0 Å². The molecule has 0 heterocycles. The van der Waals surface area contributed by atoms with E-state index in [-0.39, 0.29) is 11.8 Å². The van der Waals surface area contributed by atoms with E-state index in [1.807, 2.05) is 48.5 Å². The van der Waals surface area contributed by atoms with Crippen molar-refractivity contribution in [1.82, 2.24) is 10.6 Å². The van der Waals surface area contributed by atoms with Gasteiger partial charge in [-0.1, -0.05) is 56.4 Å². The molecule has 4 nitrogen and oxygen atoms in total. The van der Waals surface area contributed by atoms with Gasteiger partial charge in [0, 0.05) is 23.2 Å². The molecule has 2 aliphatic rings. The maximum Gasteiger partial charge on any atom is 0.251 e. The molecule has 2 N–H and O–H groups in total. The third-order valence-electron chi connectivity index (χ3n) is 6.26. The molecule has 2 aromatic rings. The zero-order valence-corrected chi connectivity index (χ0v) is 17.0. The molecule has 4 rings (SSSR count). The minimum atomic E-state index is 0.0122. The fourth-order valence-corrected chi connectivity index (χ4v) is 4.48. The zero-order valence-electron chi connectivity index (χ0n) is 17.0. The summed E-state index contributed by atoms with van der Waals surface area (Å²) in [5.74, 6) is 0.0283. The molecule has 0 saturated heterocycles. The first-order valence-electron chi connectivity index (χ1n) is 11.0. The number of nitrogens with one attached hydrogen (secondary N) is 2. The second kappa shape index (κ2) is 9.25. The van der Waals surface area contributed by atoms with Gasteiger partial charge in [0.1, 0.15) is 0 Å². The number of rotatable bonds is 5. The quantitative estimate of drug-likeness (QED) is 0.747. The average molecular weight is 391 g/mol. The van der Waals surface area contributed by atoms with Crippen LogP contribution in [-0.2, 0) is 0 Å². The number of amides is 2. The first kappa shape index (κ1) is 19.7. The van der Waals surface area contributed by atoms with Crippen LogP contribution < -0.4 is 10.6 Å². The highest BCUT2D eigenvalue weighted by Gasteiger charge is 2.18. The molecule has 0 aliphatic heterocycles. The second-order valence-corrected chi connectivity index (χ2v) is 8.42. The number of hydrogen-bond acceptors (Lipinski definition) is 2. The molecular formula is C25H30N2O2. The lowest BCUT2D eigenvalue weighted by Crippen LogP contribution is -2.36. The van der Waals surface area contributed by atoms with Crippen LogP contribution >= 0.6 is 0 Å². The summed E-state index contributed by atoms with van der Waals surface area (Å²) in [4.78, 5) is 24.8. The van der Waals surface area contributed by atoms with Crippen LogP contribution in [0.4, 0.5) is 0 Å². The van der Waals surface area contributed by atoms with Gasteiger partial charge in [-0.05, 0) is 61.1 Å². The predicted molar refractivity (Wildman–Crippen MR) is 116 cm³/mol. The Bertz CT molecular complexity index is 830. The maximum atomic E-state index is 12.5. The van der Waals surface area contributed by atoms with Gasteiger partial charge in [0.2, 0.25) is 0 Å². The molecule has 29 heavy (non-hydrogen) atoms. The van der Waals surface area contributed by atoms with Crippen molar-refractivity contribution in [3.05, 3.63) is 59.7 Å². The van der Waals surface area contributed by atoms with Crippen LogP contribution in [0.1, 0.15) is 78.5 Å². The van der Waals surface area contributed by atoms with Gasteiger partial charge in [-0.3, -0.25) is 9.59 Å². The molecule has 2 aromatic carbocycles. The van der Waals surface area contributed by atoms with Gasteiger partial charge in [0.05, 0.1) is 0 Å². The normalized spacial score (nSPS) is 17.8. The SMILES string of the molecule is O=C(NC1CCCCC1)c1ccc(-c2ccc(C(=O)NC3CCCC3)cc2)cc1. The summed E-state index contributed by atoms with van der Waals surface area (Å²) in [6.45, 7) is 0. The van der Waals surface area contributed by atoms with Crippen LogP contribution in [0, 0.1) is 0 Å². The van der Waals surface area contributed by atoms with Crippen LogP contribution in [0.5, 0.6) is 0 Å². The number of carbonyl (C=O) groups excluding carboxylic acids is 2. The molecular weight excluding hydrogens is 360 g/mol. The molecule has 2 aliphatic carbocycles. The Morgan fingerprint density at radius 3 is 1.28 bits per heavy atom. The summed E-state index contributed by atoms with van der Waals surface area (Å²) in [6, 6.07) is 16.1. The molecule has 0 radical (unpaired) electrons. The third kappa shape index (κ3) is 5.06. The topological polar surface area (TPSA) is 58.2 Å². The van der Waals surface area contributed by atoms with E-state index < -0.39 is 0 Å². The highest BCUT2D eigenvalue weighted by molar-refractivity contribution is 5.96. The van der Waals surface area contributed by atoms with E-state index in [4.69, 9.17) is 0 Å². The summed E-state index contributed by atoms with van der Waals surface area (Å²) in [7, 11) is 0. The van der Waals surface area contributed by atoms with E-state index in [9.17, 15) is 9.59 Å². The summed E-state index contributed by atoms with van der Waals surface area (Å²) in [6.07, 6.45) is 10.5. The van der Waals surface area contributed by atoms with Gasteiger partial charge in [-0.15, -0.1) is 0 Å². The Kier molecular flexibility index (Phi) is 6.28. The maximum absolute atomic E-state index is 12.5. The van der Waals surface area contributed by atoms with Crippen LogP contribution in [0.15, 0.2) is 48.5 Å². The van der Waals surface area contributed by atoms with E-state index in [1.54, 1.807) is 0 Å². The third-order valence-corrected chi connectivity index (χ3v) is 6.26. The van der Waals surface area contributed by atoms with Gasteiger partial charge in [-0.25, -0.2) is 0 Å². The average Bonchev–Trinajstić information content (AvgIpc) is 3.28. The summed E-state index contributed by atoms with van der Waals surface area (Å²) < 4.78 is 0. The molecule has 2 saturated carbocycles. The fraction of sp³-hybridized carbons (Fsp3) is 0.440. The van der Waals surface area contributed by atoms with Gasteiger partial charge >= 0.3 is 0 Å². The smallest absolute Gasteiger partial charge is 0.251 e. The van der Waals surface area contributed by atoms with Crippen molar-refractivity contribution < 1.29 is 9.59 Å². The van der Waals surface area contributed by atoms with Gasteiger partial charge in [0.15, 0.2) is 0 Å². The highest BCUT2D eigenvalue weighted by Crippen LogP contribution is 2.22. The lowest BCUT2D eigenvalue weighted by atomic mass is 9.95. The summed E-state index contributed by atoms with van der Waals surface area (Å²) >= 11 is 0. The van der Waals surface area contributed by atoms with Crippen molar-refractivity contribution in [3.63, 3.8) is 0 Å². The Morgan fingerprint density at radius 1 is 0.552 bits per heavy atom. The van der Waals surface area contributed by atoms with E-state index >= 15 is 0 Å². The molecule has 152 valence electrons. The van der Waals surface area contributed by atoms with Crippen LogP contribution in [0.2, 0.25) is 0 Å². The highest BCUT2D eigenvalue weighted by atomic mass is 16.2. The Balaban J connectivity index is 1.36. The van der Waals surface area contributed by atoms with Crippen LogP contribution in [-0.4, -0.2) is 23.9 Å². The van der Waals surface area contributed by atoms with Crippen molar-refractivity contribution in [2.24, 2.45) is 0 Å². The van der Waals surface area contributed by atoms with E-state index in [1.165, 1.54) is 32.1 Å². The number of benzene rings is 2. The van der Waals surface area contributed by atoms with Gasteiger partial charge < -0.3 is 10.6 Å². The molecule has 4 heteroatoms. The van der Waals surface area contributed by atoms with Crippen molar-refractivity contribution >= 4 is 11.8 Å². The first-order valence-corrected chi connectivity index (χ1v) is 11.0. The largest absolute Gasteiger partial charge is 0.349 e. The Morgan fingerprint density at radius 2 is 0.897 bits per heavy atom. The molecule has 0 spiro atoms. The molecule has 2 fully saturated rings. The van der Waals surface area contributed by atoms with E-state index in [0.29, 0.717) is 23.2 Å². The van der Waals surface area contributed by atoms with Gasteiger partial charge in [0.25, 0.3) is 11.8 Å². The molecule has 0 atom stereocenters. The zero-order chi connectivity index (χ0) is 20.1. The van der Waals surface area contributed by atoms with Gasteiger partial charge in [-0.2, -0.15) is 0 Å². The monoisotopic (exact) mass is 390 g/mol. The summed E-state index contributed by atoms with van der Waals surface area (Å²) in [5, 5.41) is 6.28. The minimum Gasteiger partial charge on any atom is -0.349 e. The second-order valence-electron chi connectivity index (χ2n) is 8.42. The fourth-order valence-electron chi connectivity index (χ4n) is 4.48. The number of hydrogen-bond donors (Lipinski definition) is 2. The molecule has 0 unspecified atom stereocenters. The lowest BCUT2D eigenvalue weighted by Gasteiger charge is -2.22. The van der Waals surface area contributed by atoms with Crippen molar-refractivity contribution in [3.8, 4) is 11.1 Å². The standard InChI is InChI=1S/C25H30N2O2/c28-24(26-22-6-2-1-3-7-22)20-14-10-18(11-15-20)19-12-16-21(17-13-19)25(29)27-23-8-4-5-9-23/h10-17,22-23H,1-9H2,(H,26,28)(H,27,29). The molecule has 0 bridgehead atoms. The Hall–Kier alpha value is -2.62. The Labute approximate surface area is 173 Å². The van der Waals surface area contributed by atoms with Crippen molar-refractivity contribution in [2.75, 3.05) is 0 Å². The summed E-state index contributed by atoms with van der Waals surface area (Å²) in [5.41, 5.74) is 3.49. The first-order chi connectivity index (χ1) is 14.2. The van der Waals surface area contributed by atoms with Crippen molar-refractivity contribution in [2.45, 2.75) is 69.9 Å². The number of carbonyl (C=O) groups is 2. The van der Waals surface area contributed by atoms with Crippen LogP contribution in [0.3, 0.4) is 0 Å². The van der Waals surface area contributed by atoms with E-state index in [0.717, 1.165) is 36.8 Å². The van der Waals surface area contributed by atoms with Crippen LogP contribution in [0.25, 0.3) is 11.1 Å². The lowest BCUT2D eigenvalue weighted by molar-refractivity contribution is 0.0923.